The van der Waals surface area contributed by atoms with Crippen molar-refractivity contribution in [2.75, 3.05) is 44.8 Å². The number of rotatable bonds is 7. The number of hydrogen-bond donors (Lipinski definition) is 1. The van der Waals surface area contributed by atoms with E-state index in [0.717, 1.165) is 61.1 Å². The van der Waals surface area contributed by atoms with Crippen LogP contribution in [0.15, 0.2) is 67.0 Å². The lowest BCUT2D eigenvalue weighted by molar-refractivity contribution is 0.0322. The van der Waals surface area contributed by atoms with E-state index in [1.807, 2.05) is 65.2 Å². The minimum atomic E-state index is 0.650. The fraction of sp³-hybridized carbons (Fsp3) is 0.250. The predicted octanol–water partition coefficient (Wildman–Crippen LogP) is 3.68. The Bertz CT molecular complexity index is 1140. The van der Waals surface area contributed by atoms with Gasteiger partial charge in [0.05, 0.1) is 24.2 Å². The summed E-state index contributed by atoms with van der Waals surface area (Å²) in [7, 11) is 0. The normalized spacial score (nSPS) is 14.6. The Balaban J connectivity index is 1.29. The number of fused-ring (bicyclic) bond motifs is 1. The zero-order valence-electron chi connectivity index (χ0n) is 17.2. The molecule has 2 aromatic heterocycles. The Kier molecular flexibility index (Phi) is 5.77. The van der Waals surface area contributed by atoms with E-state index < -0.39 is 0 Å². The number of imidazole rings is 1. The molecule has 1 saturated heterocycles. The topological polar surface area (TPSA) is 64.4 Å². The van der Waals surface area contributed by atoms with Gasteiger partial charge in [-0.15, -0.1) is 0 Å². The number of nitrogens with zero attached hydrogens (tertiary/aromatic N) is 4. The van der Waals surface area contributed by atoms with Crippen molar-refractivity contribution in [3.05, 3.63) is 73.1 Å². The fourth-order valence-corrected chi connectivity index (χ4v) is 3.62. The lowest BCUT2D eigenvalue weighted by Crippen LogP contribution is -2.38. The van der Waals surface area contributed by atoms with Crippen LogP contribution in [-0.4, -0.2) is 58.9 Å². The first-order valence-corrected chi connectivity index (χ1v) is 10.5. The zero-order chi connectivity index (χ0) is 20.9. The molecule has 0 amide bonds. The molecule has 4 aromatic rings. The second-order valence-corrected chi connectivity index (χ2v) is 7.35. The molecule has 0 bridgehead atoms. The molecule has 1 radical (unpaired) electrons. The van der Waals surface area contributed by atoms with Gasteiger partial charge in [0.1, 0.15) is 30.3 Å². The highest BCUT2D eigenvalue weighted by atomic mass is 16.5. The Morgan fingerprint density at radius 3 is 2.81 bits per heavy atom. The number of benzene rings is 2. The summed E-state index contributed by atoms with van der Waals surface area (Å²) in [4.78, 5) is 11.6. The second kappa shape index (κ2) is 9.16. The van der Waals surface area contributed by atoms with Crippen LogP contribution in [0.2, 0.25) is 0 Å². The van der Waals surface area contributed by atoms with E-state index in [0.29, 0.717) is 12.4 Å². The molecule has 1 aliphatic rings. The van der Waals surface area contributed by atoms with E-state index in [9.17, 15) is 0 Å². The predicted molar refractivity (Wildman–Crippen MR) is 120 cm³/mol. The van der Waals surface area contributed by atoms with Crippen molar-refractivity contribution in [2.24, 2.45) is 0 Å². The second-order valence-electron chi connectivity index (χ2n) is 7.35. The molecular formula is C24H24N5O2. The Morgan fingerprint density at radius 1 is 1.06 bits per heavy atom. The number of nitrogens with one attached hydrogen (secondary N) is 1. The molecule has 31 heavy (non-hydrogen) atoms. The van der Waals surface area contributed by atoms with Gasteiger partial charge in [-0.25, -0.2) is 9.97 Å². The third kappa shape index (κ3) is 4.68. The Morgan fingerprint density at radius 2 is 1.94 bits per heavy atom. The molecule has 5 rings (SSSR count). The number of pyridine rings is 1. The molecule has 1 fully saturated rings. The summed E-state index contributed by atoms with van der Waals surface area (Å²) in [6.45, 7) is 5.09. The first-order chi connectivity index (χ1) is 15.3. The summed E-state index contributed by atoms with van der Waals surface area (Å²) in [5.41, 5.74) is 2.82. The number of hydrogen-bond acceptors (Lipinski definition) is 6. The number of anilines is 2. The summed E-state index contributed by atoms with van der Waals surface area (Å²) in [6, 6.07) is 22.8. The van der Waals surface area contributed by atoms with Crippen LogP contribution < -0.4 is 10.1 Å². The van der Waals surface area contributed by atoms with Gasteiger partial charge in [-0.1, -0.05) is 18.2 Å². The highest BCUT2D eigenvalue weighted by Gasteiger charge is 2.11. The number of para-hydroxylation sites is 1. The van der Waals surface area contributed by atoms with E-state index in [4.69, 9.17) is 14.5 Å². The van der Waals surface area contributed by atoms with Gasteiger partial charge < -0.3 is 14.8 Å². The van der Waals surface area contributed by atoms with Crippen molar-refractivity contribution in [2.45, 2.75) is 0 Å². The van der Waals surface area contributed by atoms with Crippen molar-refractivity contribution in [3.8, 4) is 11.6 Å². The van der Waals surface area contributed by atoms with Gasteiger partial charge >= 0.3 is 0 Å². The van der Waals surface area contributed by atoms with Crippen LogP contribution >= 0.6 is 0 Å². The molecule has 0 unspecified atom stereocenters. The van der Waals surface area contributed by atoms with Gasteiger partial charge in [-0.3, -0.25) is 9.47 Å². The van der Waals surface area contributed by atoms with Crippen molar-refractivity contribution in [1.29, 1.82) is 0 Å². The van der Waals surface area contributed by atoms with Crippen LogP contribution in [0.25, 0.3) is 16.9 Å². The molecule has 7 heteroatoms. The molecule has 0 aliphatic carbocycles. The molecule has 2 aromatic carbocycles. The molecular weight excluding hydrogens is 390 g/mol. The van der Waals surface area contributed by atoms with E-state index in [2.05, 4.69) is 21.3 Å². The molecule has 1 N–H and O–H groups in total. The average Bonchev–Trinajstić information content (AvgIpc) is 3.24. The summed E-state index contributed by atoms with van der Waals surface area (Å²) < 4.78 is 13.3. The highest BCUT2D eigenvalue weighted by Crippen LogP contribution is 2.23. The van der Waals surface area contributed by atoms with Gasteiger partial charge in [0.15, 0.2) is 0 Å². The first-order valence-electron chi connectivity index (χ1n) is 10.5. The maximum atomic E-state index is 5.95. The summed E-state index contributed by atoms with van der Waals surface area (Å²) >= 11 is 0. The lowest BCUT2D eigenvalue weighted by Gasteiger charge is -2.26. The summed E-state index contributed by atoms with van der Waals surface area (Å²) in [5, 5.41) is 3.28. The lowest BCUT2D eigenvalue weighted by atomic mass is 10.3. The highest BCUT2D eigenvalue weighted by molar-refractivity contribution is 5.78. The van der Waals surface area contributed by atoms with Crippen molar-refractivity contribution < 1.29 is 9.47 Å². The molecule has 1 aliphatic heterocycles. The van der Waals surface area contributed by atoms with Gasteiger partial charge in [-0.05, 0) is 36.4 Å². The standard InChI is InChI=1S/C24H24N5O2/c1-2-5-19(6-3-1)26-23-7-4-8-24(27-23)29-18-25-21-17-20(9-10-22(21)29)31-16-13-28-11-14-30-15-12-28/h1-6,8-10,17-18H,11-16H2,(H,26,27). The third-order valence-electron chi connectivity index (χ3n) is 5.26. The minimum absolute atomic E-state index is 0.650. The summed E-state index contributed by atoms with van der Waals surface area (Å²) in [5.74, 6) is 2.26. The van der Waals surface area contributed by atoms with Crippen molar-refractivity contribution in [3.63, 3.8) is 0 Å². The Labute approximate surface area is 181 Å². The van der Waals surface area contributed by atoms with Crippen LogP contribution in [0, 0.1) is 6.07 Å². The van der Waals surface area contributed by atoms with Crippen LogP contribution in [0.4, 0.5) is 11.5 Å². The van der Waals surface area contributed by atoms with E-state index in [1.54, 1.807) is 6.33 Å². The molecule has 7 nitrogen and oxygen atoms in total. The number of aromatic nitrogens is 3. The van der Waals surface area contributed by atoms with E-state index in [-0.39, 0.29) is 0 Å². The number of morpholine rings is 1. The minimum Gasteiger partial charge on any atom is -0.492 e. The van der Waals surface area contributed by atoms with E-state index >= 15 is 0 Å². The Hall–Kier alpha value is -3.42. The maximum absolute atomic E-state index is 5.95. The van der Waals surface area contributed by atoms with Crippen LogP contribution in [-0.2, 0) is 4.74 Å². The fourth-order valence-electron chi connectivity index (χ4n) is 3.62. The molecule has 3 heterocycles. The zero-order valence-corrected chi connectivity index (χ0v) is 17.2. The van der Waals surface area contributed by atoms with Crippen LogP contribution in [0.3, 0.4) is 0 Å². The molecule has 0 atom stereocenters. The molecule has 157 valence electrons. The van der Waals surface area contributed by atoms with Crippen LogP contribution in [0.5, 0.6) is 5.75 Å². The molecule has 0 spiro atoms. The van der Waals surface area contributed by atoms with E-state index in [1.165, 1.54) is 0 Å². The summed E-state index contributed by atoms with van der Waals surface area (Å²) in [6.07, 6.45) is 1.79. The van der Waals surface area contributed by atoms with Crippen molar-refractivity contribution in [1.82, 2.24) is 19.4 Å². The maximum Gasteiger partial charge on any atom is 0.140 e. The largest absolute Gasteiger partial charge is 0.492 e. The average molecular weight is 414 g/mol. The monoisotopic (exact) mass is 414 g/mol. The van der Waals surface area contributed by atoms with Gasteiger partial charge in [0.2, 0.25) is 0 Å². The van der Waals surface area contributed by atoms with Gasteiger partial charge in [0.25, 0.3) is 0 Å². The quantitative estimate of drug-likeness (QED) is 0.498. The van der Waals surface area contributed by atoms with Crippen LogP contribution in [0.1, 0.15) is 0 Å². The third-order valence-corrected chi connectivity index (χ3v) is 5.26. The van der Waals surface area contributed by atoms with Gasteiger partial charge in [-0.2, -0.15) is 0 Å². The molecule has 0 saturated carbocycles. The van der Waals surface area contributed by atoms with Crippen molar-refractivity contribution >= 4 is 22.5 Å². The SMILES string of the molecule is [c]1ccc(-n2cnc3cc(OCCN4CCOCC4)ccc32)nc1Nc1ccccc1. The van der Waals surface area contributed by atoms with Gasteiger partial charge in [0, 0.05) is 37.5 Å². The smallest absolute Gasteiger partial charge is 0.140 e. The number of ether oxygens (including phenoxy) is 2. The first kappa shape index (κ1) is 19.5.